The van der Waals surface area contributed by atoms with E-state index in [9.17, 15) is 9.59 Å². The van der Waals surface area contributed by atoms with Crippen LogP contribution in [0.25, 0.3) is 11.1 Å². The predicted octanol–water partition coefficient (Wildman–Crippen LogP) is 4.69. The molecule has 1 atom stereocenters. The third-order valence-electron chi connectivity index (χ3n) is 5.13. The van der Waals surface area contributed by atoms with Crippen molar-refractivity contribution in [3.05, 3.63) is 59.2 Å². The molecule has 0 fully saturated rings. The second-order valence-electron chi connectivity index (χ2n) is 7.16. The molecule has 0 aliphatic carbocycles. The molecular formula is C23H23ClN4O3. The number of rotatable bonds is 7. The third-order valence-corrected chi connectivity index (χ3v) is 5.38. The molecule has 160 valence electrons. The Labute approximate surface area is 185 Å². The largest absolute Gasteiger partial charge is 0.492 e. The zero-order valence-corrected chi connectivity index (χ0v) is 18.1. The number of para-hydroxylation sites is 2. The minimum atomic E-state index is -0.722. The number of amides is 2. The van der Waals surface area contributed by atoms with Crippen molar-refractivity contribution in [1.82, 2.24) is 9.78 Å². The van der Waals surface area contributed by atoms with E-state index in [1.54, 1.807) is 28.9 Å². The summed E-state index contributed by atoms with van der Waals surface area (Å²) in [6, 6.07) is 13.9. The van der Waals surface area contributed by atoms with Gasteiger partial charge in [0.25, 0.3) is 5.91 Å². The van der Waals surface area contributed by atoms with E-state index < -0.39 is 6.04 Å². The average molecular weight is 439 g/mol. The van der Waals surface area contributed by atoms with Gasteiger partial charge in [0.05, 0.1) is 24.4 Å². The van der Waals surface area contributed by atoms with Crippen LogP contribution >= 0.6 is 11.6 Å². The van der Waals surface area contributed by atoms with Crippen LogP contribution in [0.2, 0.25) is 5.02 Å². The summed E-state index contributed by atoms with van der Waals surface area (Å²) in [6.45, 7) is 4.37. The standard InChI is InChI=1S/C23H23ClN4O3/c1-3-16-21(14-9-11-15(24)12-10-14)22-26-23(30)18(28(22)27-16)13-20(29)25-17-7-5-6-8-19(17)31-4-2/h5-12,18H,3-4,13H2,1-2H3,(H,25,29)(H,26,30). The molecule has 0 bridgehead atoms. The Balaban J connectivity index is 1.59. The lowest BCUT2D eigenvalue weighted by Gasteiger charge is -2.13. The fraction of sp³-hybridized carbons (Fsp3) is 0.261. The van der Waals surface area contributed by atoms with Gasteiger partial charge in [-0.25, -0.2) is 4.68 Å². The number of anilines is 2. The van der Waals surface area contributed by atoms with Crippen LogP contribution < -0.4 is 15.4 Å². The lowest BCUT2D eigenvalue weighted by Crippen LogP contribution is -2.24. The molecule has 4 rings (SSSR count). The summed E-state index contributed by atoms with van der Waals surface area (Å²) in [5.74, 6) is 0.652. The van der Waals surface area contributed by atoms with Crippen LogP contribution in [0.3, 0.4) is 0 Å². The molecule has 0 radical (unpaired) electrons. The van der Waals surface area contributed by atoms with Crippen molar-refractivity contribution >= 4 is 34.9 Å². The minimum Gasteiger partial charge on any atom is -0.492 e. The zero-order valence-electron chi connectivity index (χ0n) is 17.3. The van der Waals surface area contributed by atoms with E-state index in [0.717, 1.165) is 16.8 Å². The minimum absolute atomic E-state index is 0.0375. The van der Waals surface area contributed by atoms with E-state index in [0.29, 0.717) is 35.3 Å². The molecule has 7 nitrogen and oxygen atoms in total. The molecule has 1 aliphatic rings. The second kappa shape index (κ2) is 8.81. The summed E-state index contributed by atoms with van der Waals surface area (Å²) in [4.78, 5) is 25.4. The van der Waals surface area contributed by atoms with Crippen molar-refractivity contribution < 1.29 is 14.3 Å². The Morgan fingerprint density at radius 3 is 2.65 bits per heavy atom. The summed E-state index contributed by atoms with van der Waals surface area (Å²) in [6.07, 6.45) is 0.651. The number of hydrogen-bond acceptors (Lipinski definition) is 4. The SMILES string of the molecule is CCOc1ccccc1NC(=O)CC1C(=O)Nc2c(-c3ccc(Cl)cc3)c(CC)nn21. The Bertz CT molecular complexity index is 1120. The van der Waals surface area contributed by atoms with Crippen molar-refractivity contribution in [2.24, 2.45) is 0 Å². The Morgan fingerprint density at radius 1 is 1.19 bits per heavy atom. The molecule has 1 unspecified atom stereocenters. The molecule has 0 saturated heterocycles. The lowest BCUT2D eigenvalue weighted by atomic mass is 10.0. The lowest BCUT2D eigenvalue weighted by molar-refractivity contribution is -0.123. The van der Waals surface area contributed by atoms with Gasteiger partial charge < -0.3 is 15.4 Å². The van der Waals surface area contributed by atoms with E-state index in [-0.39, 0.29) is 18.2 Å². The first kappa shape index (κ1) is 20.9. The molecule has 0 spiro atoms. The predicted molar refractivity (Wildman–Crippen MR) is 121 cm³/mol. The first-order chi connectivity index (χ1) is 15.0. The van der Waals surface area contributed by atoms with Crippen molar-refractivity contribution in [1.29, 1.82) is 0 Å². The van der Waals surface area contributed by atoms with Crippen LogP contribution in [-0.4, -0.2) is 28.2 Å². The maximum absolute atomic E-state index is 12.7. The first-order valence-corrected chi connectivity index (χ1v) is 10.6. The number of aromatic nitrogens is 2. The van der Waals surface area contributed by atoms with Gasteiger partial charge in [-0.2, -0.15) is 5.10 Å². The first-order valence-electron chi connectivity index (χ1n) is 10.2. The van der Waals surface area contributed by atoms with Crippen molar-refractivity contribution in [3.8, 4) is 16.9 Å². The molecule has 2 heterocycles. The zero-order chi connectivity index (χ0) is 22.0. The third kappa shape index (κ3) is 4.14. The molecule has 0 saturated carbocycles. The summed E-state index contributed by atoms with van der Waals surface area (Å²) in [7, 11) is 0. The van der Waals surface area contributed by atoms with Crippen LogP contribution in [0.15, 0.2) is 48.5 Å². The number of benzene rings is 2. The van der Waals surface area contributed by atoms with Gasteiger partial charge in [0.1, 0.15) is 17.6 Å². The molecule has 1 aromatic heterocycles. The highest BCUT2D eigenvalue weighted by Crippen LogP contribution is 2.39. The van der Waals surface area contributed by atoms with E-state index >= 15 is 0 Å². The second-order valence-corrected chi connectivity index (χ2v) is 7.60. The van der Waals surface area contributed by atoms with Gasteiger partial charge in [-0.1, -0.05) is 42.8 Å². The number of halogens is 1. The molecule has 2 N–H and O–H groups in total. The van der Waals surface area contributed by atoms with Crippen LogP contribution in [0.4, 0.5) is 11.5 Å². The monoisotopic (exact) mass is 438 g/mol. The summed E-state index contributed by atoms with van der Waals surface area (Å²) < 4.78 is 7.18. The van der Waals surface area contributed by atoms with E-state index in [1.807, 2.05) is 38.1 Å². The molecule has 8 heteroatoms. The highest BCUT2D eigenvalue weighted by atomic mass is 35.5. The highest BCUT2D eigenvalue weighted by Gasteiger charge is 2.36. The Hall–Kier alpha value is -3.32. The molecule has 2 aromatic carbocycles. The van der Waals surface area contributed by atoms with Crippen molar-refractivity contribution in [3.63, 3.8) is 0 Å². The Kier molecular flexibility index (Phi) is 5.95. The average Bonchev–Trinajstić information content (AvgIpc) is 3.25. The van der Waals surface area contributed by atoms with Gasteiger partial charge in [-0.3, -0.25) is 9.59 Å². The van der Waals surface area contributed by atoms with Crippen LogP contribution in [0, 0.1) is 0 Å². The van der Waals surface area contributed by atoms with Crippen LogP contribution in [0.1, 0.15) is 32.0 Å². The normalized spacial score (nSPS) is 14.8. The molecule has 31 heavy (non-hydrogen) atoms. The molecular weight excluding hydrogens is 416 g/mol. The number of nitrogens with one attached hydrogen (secondary N) is 2. The topological polar surface area (TPSA) is 85.2 Å². The summed E-state index contributed by atoms with van der Waals surface area (Å²) >= 11 is 6.02. The van der Waals surface area contributed by atoms with Crippen LogP contribution in [-0.2, 0) is 16.0 Å². The van der Waals surface area contributed by atoms with Gasteiger partial charge in [0.2, 0.25) is 5.91 Å². The fourth-order valence-corrected chi connectivity index (χ4v) is 3.84. The maximum atomic E-state index is 12.7. The van der Waals surface area contributed by atoms with Gasteiger partial charge in [-0.15, -0.1) is 0 Å². The number of ether oxygens (including phenoxy) is 1. The highest BCUT2D eigenvalue weighted by molar-refractivity contribution is 6.30. The van der Waals surface area contributed by atoms with Crippen molar-refractivity contribution in [2.45, 2.75) is 32.7 Å². The molecule has 1 aliphatic heterocycles. The molecule has 2 amide bonds. The fourth-order valence-electron chi connectivity index (χ4n) is 3.71. The number of fused-ring (bicyclic) bond motifs is 1. The van der Waals surface area contributed by atoms with E-state index in [4.69, 9.17) is 16.3 Å². The van der Waals surface area contributed by atoms with Gasteiger partial charge in [-0.05, 0) is 43.2 Å². The number of hydrogen-bond donors (Lipinski definition) is 2. The van der Waals surface area contributed by atoms with Gasteiger partial charge in [0, 0.05) is 10.6 Å². The Morgan fingerprint density at radius 2 is 1.94 bits per heavy atom. The van der Waals surface area contributed by atoms with Gasteiger partial charge >= 0.3 is 0 Å². The number of nitrogens with zero attached hydrogens (tertiary/aromatic N) is 2. The molecule has 3 aromatic rings. The van der Waals surface area contributed by atoms with Crippen molar-refractivity contribution in [2.75, 3.05) is 17.2 Å². The number of aryl methyl sites for hydroxylation is 1. The smallest absolute Gasteiger partial charge is 0.251 e. The quantitative estimate of drug-likeness (QED) is 0.560. The number of carbonyl (C=O) groups is 2. The maximum Gasteiger partial charge on any atom is 0.251 e. The van der Waals surface area contributed by atoms with E-state index in [2.05, 4.69) is 15.7 Å². The van der Waals surface area contributed by atoms with E-state index in [1.165, 1.54) is 0 Å². The van der Waals surface area contributed by atoms with Gasteiger partial charge in [0.15, 0.2) is 0 Å². The summed E-state index contributed by atoms with van der Waals surface area (Å²) in [5.41, 5.74) is 3.20. The summed E-state index contributed by atoms with van der Waals surface area (Å²) in [5, 5.41) is 11.0. The number of carbonyl (C=O) groups excluding carboxylic acids is 2. The van der Waals surface area contributed by atoms with Crippen LogP contribution in [0.5, 0.6) is 5.75 Å².